The third kappa shape index (κ3) is 3.75. The number of hydrogen-bond donors (Lipinski definition) is 2. The first-order valence-corrected chi connectivity index (χ1v) is 8.38. The number of aromatic nitrogens is 4. The van der Waals surface area contributed by atoms with Crippen LogP contribution in [0.2, 0.25) is 5.02 Å². The Morgan fingerprint density at radius 3 is 2.81 bits per heavy atom. The van der Waals surface area contributed by atoms with E-state index < -0.39 is 5.82 Å². The molecule has 27 heavy (non-hydrogen) atoms. The fourth-order valence-electron chi connectivity index (χ4n) is 2.50. The zero-order valence-corrected chi connectivity index (χ0v) is 14.7. The van der Waals surface area contributed by atoms with Crippen molar-refractivity contribution in [1.29, 1.82) is 0 Å². The lowest BCUT2D eigenvalue weighted by molar-refractivity contribution is 0.294. The van der Waals surface area contributed by atoms with Crippen LogP contribution in [0, 0.1) is 5.82 Å². The SMILES string of the molecule is Nc1cc(F)ccc1OCc1nnc2ccc(Nc3cccc(Cl)c3)nn12. The number of benzene rings is 2. The number of fused-ring (bicyclic) bond motifs is 1. The van der Waals surface area contributed by atoms with Gasteiger partial charge in [0.25, 0.3) is 0 Å². The number of ether oxygens (including phenoxy) is 1. The second-order valence-corrected chi connectivity index (χ2v) is 6.15. The van der Waals surface area contributed by atoms with Gasteiger partial charge in [-0.25, -0.2) is 4.39 Å². The van der Waals surface area contributed by atoms with E-state index in [0.29, 0.717) is 28.1 Å². The average Bonchev–Trinajstić information content (AvgIpc) is 3.03. The van der Waals surface area contributed by atoms with Crippen molar-refractivity contribution < 1.29 is 9.13 Å². The maximum atomic E-state index is 13.1. The molecule has 0 fully saturated rings. The fraction of sp³-hybridized carbons (Fsp3) is 0.0556. The molecule has 2 aromatic carbocycles. The molecule has 9 heteroatoms. The second kappa shape index (κ2) is 7.08. The third-order valence-electron chi connectivity index (χ3n) is 3.75. The maximum Gasteiger partial charge on any atom is 0.192 e. The minimum Gasteiger partial charge on any atom is -0.483 e. The molecule has 0 atom stereocenters. The van der Waals surface area contributed by atoms with Crippen molar-refractivity contribution in [1.82, 2.24) is 19.8 Å². The highest BCUT2D eigenvalue weighted by molar-refractivity contribution is 6.30. The zero-order chi connectivity index (χ0) is 18.8. The Morgan fingerprint density at radius 2 is 2.00 bits per heavy atom. The van der Waals surface area contributed by atoms with E-state index in [1.165, 1.54) is 18.2 Å². The van der Waals surface area contributed by atoms with Crippen LogP contribution in [0.1, 0.15) is 5.82 Å². The monoisotopic (exact) mass is 384 g/mol. The summed E-state index contributed by atoms with van der Waals surface area (Å²) in [6.45, 7) is 0.0740. The summed E-state index contributed by atoms with van der Waals surface area (Å²) in [6, 6.07) is 14.8. The number of hydrogen-bond acceptors (Lipinski definition) is 6. The molecule has 2 aromatic heterocycles. The molecule has 3 N–H and O–H groups in total. The van der Waals surface area contributed by atoms with Crippen molar-refractivity contribution >= 4 is 34.4 Å². The molecule has 0 amide bonds. The molecule has 0 aliphatic heterocycles. The first-order chi connectivity index (χ1) is 13.1. The minimum absolute atomic E-state index is 0.0740. The van der Waals surface area contributed by atoms with Crippen molar-refractivity contribution in [3.8, 4) is 5.75 Å². The molecule has 7 nitrogen and oxygen atoms in total. The molecule has 0 saturated heterocycles. The number of rotatable bonds is 5. The van der Waals surface area contributed by atoms with Crippen LogP contribution in [-0.2, 0) is 6.61 Å². The van der Waals surface area contributed by atoms with Gasteiger partial charge in [-0.15, -0.1) is 15.3 Å². The Labute approximate surface area is 158 Å². The smallest absolute Gasteiger partial charge is 0.192 e. The number of nitrogens with zero attached hydrogens (tertiary/aromatic N) is 4. The van der Waals surface area contributed by atoms with E-state index in [4.69, 9.17) is 22.1 Å². The molecule has 0 aliphatic carbocycles. The molecule has 0 aliphatic rings. The van der Waals surface area contributed by atoms with E-state index in [9.17, 15) is 4.39 Å². The van der Waals surface area contributed by atoms with Crippen molar-refractivity contribution in [2.45, 2.75) is 6.61 Å². The predicted octanol–water partition coefficient (Wildman–Crippen LogP) is 3.82. The summed E-state index contributed by atoms with van der Waals surface area (Å²) >= 11 is 6.00. The molecule has 2 heterocycles. The molecule has 136 valence electrons. The van der Waals surface area contributed by atoms with Gasteiger partial charge in [-0.3, -0.25) is 0 Å². The van der Waals surface area contributed by atoms with Crippen molar-refractivity contribution in [2.24, 2.45) is 0 Å². The molecule has 0 unspecified atom stereocenters. The summed E-state index contributed by atoms with van der Waals surface area (Å²) in [6.07, 6.45) is 0. The third-order valence-corrected chi connectivity index (χ3v) is 3.99. The highest BCUT2D eigenvalue weighted by atomic mass is 35.5. The number of nitrogens with two attached hydrogens (primary N) is 1. The summed E-state index contributed by atoms with van der Waals surface area (Å²) in [5.74, 6) is 1.00. The van der Waals surface area contributed by atoms with Gasteiger partial charge in [0.15, 0.2) is 17.3 Å². The van der Waals surface area contributed by atoms with E-state index >= 15 is 0 Å². The maximum absolute atomic E-state index is 13.1. The van der Waals surface area contributed by atoms with Crippen LogP contribution < -0.4 is 15.8 Å². The largest absolute Gasteiger partial charge is 0.483 e. The number of nitrogens with one attached hydrogen (secondary N) is 1. The molecule has 0 radical (unpaired) electrons. The number of halogens is 2. The van der Waals surface area contributed by atoms with Crippen molar-refractivity contribution in [2.75, 3.05) is 11.1 Å². The molecule has 0 spiro atoms. The summed E-state index contributed by atoms with van der Waals surface area (Å²) in [5.41, 5.74) is 7.33. The van der Waals surface area contributed by atoms with Crippen molar-refractivity contribution in [3.05, 3.63) is 71.3 Å². The van der Waals surface area contributed by atoms with Gasteiger partial charge < -0.3 is 15.8 Å². The first kappa shape index (κ1) is 17.0. The van der Waals surface area contributed by atoms with Gasteiger partial charge in [0, 0.05) is 16.8 Å². The number of anilines is 3. The summed E-state index contributed by atoms with van der Waals surface area (Å²) < 4.78 is 20.3. The van der Waals surface area contributed by atoms with Gasteiger partial charge in [0.1, 0.15) is 18.2 Å². The molecular weight excluding hydrogens is 371 g/mol. The van der Waals surface area contributed by atoms with Gasteiger partial charge in [0.05, 0.1) is 5.69 Å². The topological polar surface area (TPSA) is 90.4 Å². The van der Waals surface area contributed by atoms with Gasteiger partial charge in [-0.1, -0.05) is 17.7 Å². The van der Waals surface area contributed by atoms with Crippen LogP contribution in [0.5, 0.6) is 5.75 Å². The molecule has 4 aromatic rings. The average molecular weight is 385 g/mol. The van der Waals surface area contributed by atoms with E-state index in [1.807, 2.05) is 12.1 Å². The van der Waals surface area contributed by atoms with Gasteiger partial charge in [0.2, 0.25) is 0 Å². The van der Waals surface area contributed by atoms with E-state index in [-0.39, 0.29) is 12.3 Å². The highest BCUT2D eigenvalue weighted by Crippen LogP contribution is 2.23. The van der Waals surface area contributed by atoms with Gasteiger partial charge in [-0.05, 0) is 42.5 Å². The second-order valence-electron chi connectivity index (χ2n) is 5.71. The lowest BCUT2D eigenvalue weighted by Crippen LogP contribution is -2.06. The standard InChI is InChI=1S/C18H14ClFN6O/c19-11-2-1-3-13(8-11)22-16-6-7-17-23-24-18(26(17)25-16)10-27-15-5-4-12(20)9-14(15)21/h1-9H,10,21H2,(H,22,25). The van der Waals surface area contributed by atoms with Crippen LogP contribution in [0.25, 0.3) is 5.65 Å². The Morgan fingerprint density at radius 1 is 1.11 bits per heavy atom. The van der Waals surface area contributed by atoms with Gasteiger partial charge in [-0.2, -0.15) is 4.52 Å². The van der Waals surface area contributed by atoms with Gasteiger partial charge >= 0.3 is 0 Å². The highest BCUT2D eigenvalue weighted by Gasteiger charge is 2.10. The Kier molecular flexibility index (Phi) is 4.47. The Balaban J connectivity index is 1.56. The van der Waals surface area contributed by atoms with E-state index in [1.54, 1.807) is 28.8 Å². The summed E-state index contributed by atoms with van der Waals surface area (Å²) in [5, 5.41) is 16.4. The minimum atomic E-state index is -0.425. The molecule has 0 bridgehead atoms. The summed E-state index contributed by atoms with van der Waals surface area (Å²) in [4.78, 5) is 0. The first-order valence-electron chi connectivity index (χ1n) is 8.00. The quantitative estimate of drug-likeness (QED) is 0.508. The predicted molar refractivity (Wildman–Crippen MR) is 101 cm³/mol. The van der Waals surface area contributed by atoms with Crippen LogP contribution >= 0.6 is 11.6 Å². The van der Waals surface area contributed by atoms with E-state index in [2.05, 4.69) is 20.6 Å². The Bertz CT molecular complexity index is 1120. The van der Waals surface area contributed by atoms with E-state index in [0.717, 1.165) is 5.69 Å². The van der Waals surface area contributed by atoms with Crippen LogP contribution in [-0.4, -0.2) is 19.8 Å². The lowest BCUT2D eigenvalue weighted by Gasteiger charge is -2.09. The zero-order valence-electron chi connectivity index (χ0n) is 13.9. The lowest BCUT2D eigenvalue weighted by atomic mass is 10.3. The number of nitrogen functional groups attached to an aromatic ring is 1. The normalized spacial score (nSPS) is 10.9. The fourth-order valence-corrected chi connectivity index (χ4v) is 2.69. The van der Waals surface area contributed by atoms with Crippen LogP contribution in [0.4, 0.5) is 21.6 Å². The summed E-state index contributed by atoms with van der Waals surface area (Å²) in [7, 11) is 0. The Hall–Kier alpha value is -3.39. The van der Waals surface area contributed by atoms with Crippen molar-refractivity contribution in [3.63, 3.8) is 0 Å². The van der Waals surface area contributed by atoms with Crippen LogP contribution in [0.3, 0.4) is 0 Å². The molecular formula is C18H14ClFN6O. The molecule has 0 saturated carbocycles. The van der Waals surface area contributed by atoms with Crippen LogP contribution in [0.15, 0.2) is 54.6 Å². The molecule has 4 rings (SSSR count).